The van der Waals surface area contributed by atoms with Gasteiger partial charge < -0.3 is 19.2 Å². The molecule has 6 heteroatoms. The normalized spacial score (nSPS) is 17.5. The van der Waals surface area contributed by atoms with Gasteiger partial charge in [0.25, 0.3) is 5.90 Å². The molecule has 24 heavy (non-hydrogen) atoms. The summed E-state index contributed by atoms with van der Waals surface area (Å²) in [5.41, 5.74) is 2.66. The van der Waals surface area contributed by atoms with Crippen LogP contribution in [0.25, 0.3) is 11.0 Å². The number of benzene rings is 1. The number of hydrogen-bond acceptors (Lipinski definition) is 5. The fourth-order valence-corrected chi connectivity index (χ4v) is 3.10. The van der Waals surface area contributed by atoms with Crippen molar-refractivity contribution in [1.82, 2.24) is 9.55 Å². The van der Waals surface area contributed by atoms with E-state index in [0.29, 0.717) is 17.4 Å². The topological polar surface area (TPSA) is 68.9 Å². The number of aryl methyl sites for hydroxylation is 1. The van der Waals surface area contributed by atoms with Gasteiger partial charge in [-0.15, -0.1) is 0 Å². The van der Waals surface area contributed by atoms with Crippen LogP contribution in [0.3, 0.4) is 0 Å². The van der Waals surface area contributed by atoms with Crippen LogP contribution in [0.4, 0.5) is 0 Å². The molecule has 0 radical (unpaired) electrons. The summed E-state index contributed by atoms with van der Waals surface area (Å²) in [7, 11) is 0. The van der Waals surface area contributed by atoms with Crippen LogP contribution in [0.2, 0.25) is 0 Å². The molecule has 0 aliphatic carbocycles. The first-order valence-corrected chi connectivity index (χ1v) is 8.23. The van der Waals surface area contributed by atoms with Crippen LogP contribution < -0.4 is 0 Å². The van der Waals surface area contributed by atoms with Crippen molar-refractivity contribution in [3.63, 3.8) is 0 Å². The Morgan fingerprint density at radius 1 is 1.42 bits per heavy atom. The Hall–Kier alpha value is -2.34. The maximum Gasteiger partial charge on any atom is 0.262 e. The van der Waals surface area contributed by atoms with Crippen LogP contribution in [0.5, 0.6) is 0 Å². The Labute approximate surface area is 141 Å². The Kier molecular flexibility index (Phi) is 4.85. The van der Waals surface area contributed by atoms with Gasteiger partial charge in [0.15, 0.2) is 0 Å². The lowest BCUT2D eigenvalue weighted by molar-refractivity contribution is 0.0701. The van der Waals surface area contributed by atoms with Gasteiger partial charge in [0.2, 0.25) is 0 Å². The number of aromatic nitrogens is 2. The van der Waals surface area contributed by atoms with Crippen LogP contribution in [-0.2, 0) is 9.47 Å². The Morgan fingerprint density at radius 3 is 2.83 bits per heavy atom. The average Bonchev–Trinajstić information content (AvgIpc) is 2.94. The van der Waals surface area contributed by atoms with Crippen molar-refractivity contribution in [2.45, 2.75) is 39.7 Å². The molecule has 1 N–H and O–H groups in total. The van der Waals surface area contributed by atoms with Gasteiger partial charge in [-0.3, -0.25) is 0 Å². The molecule has 1 aliphatic heterocycles. The molecule has 1 saturated heterocycles. The average molecular weight is 329 g/mol. The number of imidazole rings is 1. The molecule has 1 aliphatic rings. The molecule has 0 unspecified atom stereocenters. The minimum atomic E-state index is 0.172. The van der Waals surface area contributed by atoms with E-state index in [4.69, 9.17) is 9.47 Å². The van der Waals surface area contributed by atoms with Crippen molar-refractivity contribution < 1.29 is 14.7 Å². The van der Waals surface area contributed by atoms with E-state index < -0.39 is 0 Å². The molecule has 1 aromatic carbocycles. The number of fused-ring (bicyclic) bond motifs is 1. The van der Waals surface area contributed by atoms with Gasteiger partial charge >= 0.3 is 0 Å². The zero-order valence-corrected chi connectivity index (χ0v) is 14.3. The monoisotopic (exact) mass is 329 g/mol. The first-order valence-electron chi connectivity index (χ1n) is 8.23. The second-order valence-corrected chi connectivity index (χ2v) is 5.98. The van der Waals surface area contributed by atoms with Crippen LogP contribution >= 0.6 is 0 Å². The lowest BCUT2D eigenvalue weighted by Crippen LogP contribution is -2.20. The van der Waals surface area contributed by atoms with Crippen molar-refractivity contribution in [1.29, 1.82) is 0 Å². The van der Waals surface area contributed by atoms with Gasteiger partial charge in [-0.2, -0.15) is 0 Å². The quantitative estimate of drug-likeness (QED) is 0.306. The van der Waals surface area contributed by atoms with E-state index in [1.165, 1.54) is 0 Å². The molecule has 0 amide bonds. The summed E-state index contributed by atoms with van der Waals surface area (Å²) < 4.78 is 13.3. The Morgan fingerprint density at radius 2 is 2.17 bits per heavy atom. The molecular weight excluding hydrogens is 306 g/mol. The molecule has 3 rings (SSSR count). The van der Waals surface area contributed by atoms with Gasteiger partial charge in [0.1, 0.15) is 5.82 Å². The maximum atomic E-state index is 9.26. The van der Waals surface area contributed by atoms with E-state index >= 15 is 0 Å². The minimum absolute atomic E-state index is 0.172. The third kappa shape index (κ3) is 3.14. The van der Waals surface area contributed by atoms with E-state index in [2.05, 4.69) is 14.7 Å². The molecule has 128 valence electrons. The largest absolute Gasteiger partial charge is 0.441 e. The predicted molar refractivity (Wildman–Crippen MR) is 92.4 cm³/mol. The third-order valence-electron chi connectivity index (χ3n) is 4.42. The maximum absolute atomic E-state index is 9.26. The molecule has 1 fully saturated rings. The summed E-state index contributed by atoms with van der Waals surface area (Å²) in [5.74, 6) is 1.83. The smallest absolute Gasteiger partial charge is 0.262 e. The lowest BCUT2D eigenvalue weighted by atomic mass is 10.1. The third-order valence-corrected chi connectivity index (χ3v) is 4.42. The van der Waals surface area contributed by atoms with Gasteiger partial charge in [-0.1, -0.05) is 0 Å². The predicted octanol–water partition coefficient (Wildman–Crippen LogP) is 3.77. The van der Waals surface area contributed by atoms with Gasteiger partial charge in [0.05, 0.1) is 16.8 Å². The molecular formula is C18H23N3O3. The second-order valence-electron chi connectivity index (χ2n) is 5.98. The number of rotatable bonds is 3. The first-order chi connectivity index (χ1) is 11.6. The number of oxime groups is 1. The number of ether oxygens (including phenoxy) is 2. The molecule has 0 bridgehead atoms. The number of allylic oxidation sites excluding steroid dienone is 2. The van der Waals surface area contributed by atoms with Crippen LogP contribution in [0.1, 0.15) is 44.1 Å². The van der Waals surface area contributed by atoms with Gasteiger partial charge in [0, 0.05) is 24.8 Å². The fraction of sp³-hybridized carbons (Fsp3) is 0.444. The van der Waals surface area contributed by atoms with Crippen LogP contribution in [-0.4, -0.2) is 33.9 Å². The lowest BCUT2D eigenvalue weighted by Gasteiger charge is -2.25. The highest BCUT2D eigenvalue weighted by atomic mass is 16.5. The highest BCUT2D eigenvalue weighted by Gasteiger charge is 2.20. The van der Waals surface area contributed by atoms with Crippen LogP contribution in [0.15, 0.2) is 35.2 Å². The van der Waals surface area contributed by atoms with E-state index in [1.54, 1.807) is 0 Å². The van der Waals surface area contributed by atoms with Crippen molar-refractivity contribution >= 4 is 16.9 Å². The van der Waals surface area contributed by atoms with Crippen molar-refractivity contribution in [2.24, 2.45) is 5.16 Å². The van der Waals surface area contributed by atoms with E-state index in [1.807, 2.05) is 45.0 Å². The molecule has 0 spiro atoms. The summed E-state index contributed by atoms with van der Waals surface area (Å²) in [5, 5.41) is 12.5. The van der Waals surface area contributed by atoms with Crippen molar-refractivity contribution in [3.05, 3.63) is 41.4 Å². The Bertz CT molecular complexity index is 786. The molecule has 2 heterocycles. The zero-order chi connectivity index (χ0) is 17.1. The van der Waals surface area contributed by atoms with E-state index in [0.717, 1.165) is 42.9 Å². The van der Waals surface area contributed by atoms with Gasteiger partial charge in [-0.25, -0.2) is 4.98 Å². The highest BCUT2D eigenvalue weighted by Crippen LogP contribution is 2.28. The number of hydrogen-bond donors (Lipinski definition) is 1. The number of nitrogens with zero attached hydrogens (tertiary/aromatic N) is 3. The van der Waals surface area contributed by atoms with Crippen molar-refractivity contribution in [2.75, 3.05) is 13.2 Å². The molecule has 1 aromatic heterocycles. The first kappa shape index (κ1) is 16.5. The van der Waals surface area contributed by atoms with Crippen LogP contribution in [0, 0.1) is 6.92 Å². The molecule has 6 nitrogen and oxygen atoms in total. The fourth-order valence-electron chi connectivity index (χ4n) is 3.10. The highest BCUT2D eigenvalue weighted by molar-refractivity contribution is 5.97. The Balaban J connectivity index is 1.97. The summed E-state index contributed by atoms with van der Waals surface area (Å²) in [4.78, 5) is 4.68. The summed E-state index contributed by atoms with van der Waals surface area (Å²) in [6.07, 6.45) is 3.82. The molecule has 2 aromatic rings. The summed E-state index contributed by atoms with van der Waals surface area (Å²) in [6, 6.07) is 6.23. The van der Waals surface area contributed by atoms with Crippen molar-refractivity contribution in [3.8, 4) is 0 Å². The minimum Gasteiger partial charge on any atom is -0.441 e. The molecule has 0 atom stereocenters. The van der Waals surface area contributed by atoms with E-state index in [-0.39, 0.29) is 5.90 Å². The van der Waals surface area contributed by atoms with Gasteiger partial charge in [-0.05, 0) is 63.0 Å². The summed E-state index contributed by atoms with van der Waals surface area (Å²) >= 11 is 0. The zero-order valence-electron chi connectivity index (χ0n) is 14.3. The summed E-state index contributed by atoms with van der Waals surface area (Å²) in [6.45, 7) is 7.29. The molecule has 0 saturated carbocycles. The second kappa shape index (κ2) is 7.05. The standard InChI is InChI=1S/C18H23N3O3/c1-4-12(2)24-18(20-22)14-5-6-17-16(11-14)19-13(3)21(17)15-7-9-23-10-8-15/h4-6,11,15,22H,7-10H2,1-3H3/b12-4+,20-18-. The SMILES string of the molecule is C/C=C(\C)O/C(=N\O)c1ccc2c(c1)nc(C)n2C1CCOCC1. The van der Waals surface area contributed by atoms with E-state index in [9.17, 15) is 5.21 Å².